The van der Waals surface area contributed by atoms with Crippen LogP contribution in [0.5, 0.6) is 0 Å². The number of β-amino-alcohol motifs (C(OH)–C–C–N with tert-alkyl or cyclic N) is 1. The van der Waals surface area contributed by atoms with Crippen molar-refractivity contribution in [3.63, 3.8) is 0 Å². The molecule has 1 aromatic rings. The van der Waals surface area contributed by atoms with Crippen LogP contribution in [0.3, 0.4) is 0 Å². The monoisotopic (exact) mass is 250 g/mol. The molecule has 0 spiro atoms. The molecule has 1 aliphatic heterocycles. The van der Waals surface area contributed by atoms with Crippen molar-refractivity contribution < 1.29 is 5.11 Å². The molecule has 5 nitrogen and oxygen atoms in total. The lowest BCUT2D eigenvalue weighted by atomic mass is 9.95. The first-order valence-corrected chi connectivity index (χ1v) is 6.61. The predicted molar refractivity (Wildman–Crippen MR) is 72.5 cm³/mol. The second-order valence-corrected chi connectivity index (χ2v) is 5.34. The molecule has 100 valence electrons. The molecule has 2 heterocycles. The van der Waals surface area contributed by atoms with Crippen LogP contribution >= 0.6 is 0 Å². The molecular formula is C13H22N4O. The fraction of sp³-hybridized carbons (Fsp3) is 0.692. The number of hydrogen-bond donors (Lipinski definition) is 2. The number of nitrogens with two attached hydrogens (primary N) is 1. The number of hydrogen-bond acceptors (Lipinski definition) is 5. The maximum Gasteiger partial charge on any atom is 0.134 e. The van der Waals surface area contributed by atoms with Crippen LogP contribution in [0, 0.1) is 0 Å². The summed E-state index contributed by atoms with van der Waals surface area (Å²) in [5.74, 6) is 2.14. The summed E-state index contributed by atoms with van der Waals surface area (Å²) in [7, 11) is 0. The minimum absolute atomic E-state index is 0.508. The summed E-state index contributed by atoms with van der Waals surface area (Å²) in [6.45, 7) is 5.49. The average Bonchev–Trinajstić information content (AvgIpc) is 2.27. The Labute approximate surface area is 108 Å². The van der Waals surface area contributed by atoms with E-state index in [1.807, 2.05) is 6.92 Å². The van der Waals surface area contributed by atoms with Crippen LogP contribution in [-0.2, 0) is 6.42 Å². The Morgan fingerprint density at radius 2 is 2.28 bits per heavy atom. The second kappa shape index (κ2) is 5.10. The molecule has 0 amide bonds. The third-order valence-corrected chi connectivity index (χ3v) is 3.25. The van der Waals surface area contributed by atoms with E-state index in [1.165, 1.54) is 0 Å². The first kappa shape index (κ1) is 13.1. The Morgan fingerprint density at radius 3 is 2.94 bits per heavy atom. The van der Waals surface area contributed by atoms with Gasteiger partial charge in [0, 0.05) is 25.6 Å². The number of piperidine rings is 1. The standard InChI is InChI=1S/C13H22N4O/c1-3-5-11-15-10(14)8-12(16-11)17-7-4-6-13(2,18)9-17/h8,18H,3-7,9H2,1-2H3,(H2,14,15,16). The quantitative estimate of drug-likeness (QED) is 0.847. The summed E-state index contributed by atoms with van der Waals surface area (Å²) in [5.41, 5.74) is 5.19. The first-order chi connectivity index (χ1) is 8.50. The normalized spacial score (nSPS) is 24.3. The van der Waals surface area contributed by atoms with Gasteiger partial charge in [-0.25, -0.2) is 9.97 Å². The number of aromatic nitrogens is 2. The number of anilines is 2. The van der Waals surface area contributed by atoms with Crippen LogP contribution < -0.4 is 10.6 Å². The van der Waals surface area contributed by atoms with E-state index in [0.717, 1.165) is 43.9 Å². The third-order valence-electron chi connectivity index (χ3n) is 3.25. The number of nitrogen functional groups attached to an aromatic ring is 1. The zero-order valence-electron chi connectivity index (χ0n) is 11.2. The Balaban J connectivity index is 2.21. The van der Waals surface area contributed by atoms with Crippen LogP contribution in [-0.4, -0.2) is 33.8 Å². The van der Waals surface area contributed by atoms with Gasteiger partial charge in [0.15, 0.2) is 0 Å². The van der Waals surface area contributed by atoms with Crippen LogP contribution in [0.2, 0.25) is 0 Å². The van der Waals surface area contributed by atoms with Crippen molar-refractivity contribution in [1.29, 1.82) is 0 Å². The minimum Gasteiger partial charge on any atom is -0.388 e. The van der Waals surface area contributed by atoms with Crippen LogP contribution in [0.25, 0.3) is 0 Å². The number of nitrogens with zero attached hydrogens (tertiary/aromatic N) is 3. The maximum atomic E-state index is 10.1. The maximum absolute atomic E-state index is 10.1. The van der Waals surface area contributed by atoms with E-state index in [9.17, 15) is 5.11 Å². The number of rotatable bonds is 3. The van der Waals surface area contributed by atoms with E-state index in [1.54, 1.807) is 6.07 Å². The molecule has 0 bridgehead atoms. The van der Waals surface area contributed by atoms with Crippen LogP contribution in [0.4, 0.5) is 11.6 Å². The number of aryl methyl sites for hydroxylation is 1. The molecule has 1 unspecified atom stereocenters. The smallest absolute Gasteiger partial charge is 0.134 e. The highest BCUT2D eigenvalue weighted by atomic mass is 16.3. The van der Waals surface area contributed by atoms with Gasteiger partial charge >= 0.3 is 0 Å². The van der Waals surface area contributed by atoms with Crippen LogP contribution in [0.15, 0.2) is 6.07 Å². The molecule has 0 saturated carbocycles. The van der Waals surface area contributed by atoms with E-state index in [2.05, 4.69) is 21.8 Å². The summed E-state index contributed by atoms with van der Waals surface area (Å²) in [4.78, 5) is 10.9. The van der Waals surface area contributed by atoms with Crippen LogP contribution in [0.1, 0.15) is 38.9 Å². The molecule has 1 aromatic heterocycles. The van der Waals surface area contributed by atoms with Crippen molar-refractivity contribution >= 4 is 11.6 Å². The van der Waals surface area contributed by atoms with Gasteiger partial charge in [0.1, 0.15) is 17.5 Å². The summed E-state index contributed by atoms with van der Waals surface area (Å²) < 4.78 is 0. The lowest BCUT2D eigenvalue weighted by Crippen LogP contribution is -2.46. The highest BCUT2D eigenvalue weighted by Crippen LogP contribution is 2.25. The summed E-state index contributed by atoms with van der Waals surface area (Å²) in [6, 6.07) is 1.79. The van der Waals surface area contributed by atoms with Crippen molar-refractivity contribution in [2.24, 2.45) is 0 Å². The van der Waals surface area contributed by atoms with E-state index < -0.39 is 5.60 Å². The van der Waals surface area contributed by atoms with Gasteiger partial charge in [-0.15, -0.1) is 0 Å². The molecule has 1 atom stereocenters. The van der Waals surface area contributed by atoms with Gasteiger partial charge in [0.05, 0.1) is 5.60 Å². The molecule has 0 aromatic carbocycles. The highest BCUT2D eigenvalue weighted by molar-refractivity contribution is 5.47. The van der Waals surface area contributed by atoms with Crippen molar-refractivity contribution in [2.45, 2.75) is 45.1 Å². The molecule has 1 fully saturated rings. The highest BCUT2D eigenvalue weighted by Gasteiger charge is 2.29. The Morgan fingerprint density at radius 1 is 1.50 bits per heavy atom. The minimum atomic E-state index is -0.636. The SMILES string of the molecule is CCCc1nc(N)cc(N2CCCC(C)(O)C2)n1. The van der Waals surface area contributed by atoms with Crippen molar-refractivity contribution in [1.82, 2.24) is 9.97 Å². The molecule has 1 saturated heterocycles. The topological polar surface area (TPSA) is 75.3 Å². The Hall–Kier alpha value is -1.36. The van der Waals surface area contributed by atoms with Gasteiger partial charge in [0.2, 0.25) is 0 Å². The van der Waals surface area contributed by atoms with Crippen molar-refractivity contribution in [3.05, 3.63) is 11.9 Å². The van der Waals surface area contributed by atoms with Gasteiger partial charge in [-0.2, -0.15) is 0 Å². The summed E-state index contributed by atoms with van der Waals surface area (Å²) in [6.07, 6.45) is 3.65. The molecular weight excluding hydrogens is 228 g/mol. The molecule has 5 heteroatoms. The Bertz CT molecular complexity index is 419. The molecule has 2 rings (SSSR count). The third kappa shape index (κ3) is 3.10. The zero-order valence-corrected chi connectivity index (χ0v) is 11.2. The van der Waals surface area contributed by atoms with E-state index in [4.69, 9.17) is 5.73 Å². The summed E-state index contributed by atoms with van der Waals surface area (Å²) >= 11 is 0. The van der Waals surface area contributed by atoms with E-state index in [-0.39, 0.29) is 0 Å². The first-order valence-electron chi connectivity index (χ1n) is 6.61. The van der Waals surface area contributed by atoms with E-state index >= 15 is 0 Å². The lowest BCUT2D eigenvalue weighted by molar-refractivity contribution is 0.0447. The Kier molecular flexibility index (Phi) is 3.71. The zero-order chi connectivity index (χ0) is 13.2. The van der Waals surface area contributed by atoms with E-state index in [0.29, 0.717) is 12.4 Å². The lowest BCUT2D eigenvalue weighted by Gasteiger charge is -2.37. The number of aliphatic hydroxyl groups is 1. The summed E-state index contributed by atoms with van der Waals surface area (Å²) in [5, 5.41) is 10.1. The molecule has 3 N–H and O–H groups in total. The van der Waals surface area contributed by atoms with Crippen molar-refractivity contribution in [2.75, 3.05) is 23.7 Å². The van der Waals surface area contributed by atoms with Gasteiger partial charge in [-0.1, -0.05) is 6.92 Å². The second-order valence-electron chi connectivity index (χ2n) is 5.34. The van der Waals surface area contributed by atoms with Gasteiger partial charge in [-0.3, -0.25) is 0 Å². The molecule has 18 heavy (non-hydrogen) atoms. The average molecular weight is 250 g/mol. The molecule has 1 aliphatic rings. The largest absolute Gasteiger partial charge is 0.388 e. The van der Waals surface area contributed by atoms with Crippen molar-refractivity contribution in [3.8, 4) is 0 Å². The molecule has 0 radical (unpaired) electrons. The predicted octanol–water partition coefficient (Wildman–Crippen LogP) is 1.36. The van der Waals surface area contributed by atoms with Gasteiger partial charge < -0.3 is 15.7 Å². The molecule has 0 aliphatic carbocycles. The van der Waals surface area contributed by atoms with Gasteiger partial charge in [0.25, 0.3) is 0 Å². The fourth-order valence-corrected chi connectivity index (χ4v) is 2.42. The fourth-order valence-electron chi connectivity index (χ4n) is 2.42. The van der Waals surface area contributed by atoms with Gasteiger partial charge in [-0.05, 0) is 26.2 Å².